The molecule has 0 aliphatic rings. The molecular weight excluding hydrogens is 482 g/mol. The lowest BCUT2D eigenvalue weighted by atomic mass is 10.1. The van der Waals surface area contributed by atoms with Crippen LogP contribution in [0.1, 0.15) is 70.9 Å². The monoisotopic (exact) mass is 519 g/mol. The van der Waals surface area contributed by atoms with E-state index < -0.39 is 0 Å². The average molecular weight is 520 g/mol. The molecule has 2 aromatic heterocycles. The molecule has 0 aliphatic carbocycles. The van der Waals surface area contributed by atoms with Gasteiger partial charge in [0, 0.05) is 29.2 Å². The zero-order chi connectivity index (χ0) is 26.2. The van der Waals surface area contributed by atoms with Crippen molar-refractivity contribution in [1.82, 2.24) is 14.5 Å². The van der Waals surface area contributed by atoms with Crippen molar-refractivity contribution in [3.05, 3.63) is 65.3 Å². The number of hydrogen-bond acceptors (Lipinski definition) is 3. The van der Waals surface area contributed by atoms with Gasteiger partial charge in [-0.3, -0.25) is 9.36 Å². The molecule has 0 atom stereocenters. The lowest BCUT2D eigenvalue weighted by Gasteiger charge is -2.23. The summed E-state index contributed by atoms with van der Waals surface area (Å²) in [4.78, 5) is 20.7. The molecule has 1 amide bonds. The van der Waals surface area contributed by atoms with Gasteiger partial charge in [-0.15, -0.1) is 0 Å². The maximum absolute atomic E-state index is 13.8. The molecule has 0 spiro atoms. The molecule has 0 saturated heterocycles. The number of halogens is 1. The molecule has 0 radical (unpaired) electrons. The van der Waals surface area contributed by atoms with E-state index in [0.717, 1.165) is 55.4 Å². The number of amides is 1. The van der Waals surface area contributed by atoms with Crippen molar-refractivity contribution < 1.29 is 9.90 Å². The Hall–Kier alpha value is -3.05. The number of rotatable bonds is 13. The predicted molar refractivity (Wildman–Crippen MR) is 154 cm³/mol. The number of carbonyl (C=O) groups is 1. The molecule has 0 fully saturated rings. The Labute approximate surface area is 225 Å². The number of unbranched alkanes of at least 4 members (excludes halogenated alkanes) is 6. The Balaban J connectivity index is 1.72. The average Bonchev–Trinajstić information content (AvgIpc) is 3.17. The Morgan fingerprint density at radius 1 is 0.919 bits per heavy atom. The highest BCUT2D eigenvalue weighted by Crippen LogP contribution is 2.36. The highest BCUT2D eigenvalue weighted by atomic mass is 35.5. The number of aromatic hydroxyl groups is 1. The van der Waals surface area contributed by atoms with Crippen LogP contribution in [0.3, 0.4) is 0 Å². The number of fused-ring (bicyclic) bond motifs is 2. The van der Waals surface area contributed by atoms with Crippen molar-refractivity contribution in [3.8, 4) is 11.6 Å². The number of aromatic nitrogens is 2. The highest BCUT2D eigenvalue weighted by Gasteiger charge is 2.24. The summed E-state index contributed by atoms with van der Waals surface area (Å²) in [6.07, 6.45) is 9.18. The topological polar surface area (TPSA) is 58.4 Å². The summed E-state index contributed by atoms with van der Waals surface area (Å²) in [7, 11) is 0. The van der Waals surface area contributed by atoms with Gasteiger partial charge in [-0.25, -0.2) is 4.98 Å². The van der Waals surface area contributed by atoms with E-state index in [2.05, 4.69) is 13.8 Å². The molecule has 2 aromatic carbocycles. The Bertz CT molecular complexity index is 1320. The van der Waals surface area contributed by atoms with Crippen LogP contribution in [-0.2, 0) is 11.2 Å². The smallest absolute Gasteiger partial charge is 0.228 e. The van der Waals surface area contributed by atoms with Gasteiger partial charge in [0.15, 0.2) is 0 Å². The molecule has 2 heterocycles. The van der Waals surface area contributed by atoms with Crippen LogP contribution in [0.15, 0.2) is 54.6 Å². The van der Waals surface area contributed by atoms with Crippen molar-refractivity contribution in [3.63, 3.8) is 0 Å². The fraction of sp³-hybridized carbons (Fsp3) is 0.419. The van der Waals surface area contributed by atoms with Gasteiger partial charge >= 0.3 is 0 Å². The second-order valence-electron chi connectivity index (χ2n) is 9.84. The van der Waals surface area contributed by atoms with Crippen molar-refractivity contribution in [1.29, 1.82) is 0 Å². The molecule has 0 bridgehead atoms. The lowest BCUT2D eigenvalue weighted by molar-refractivity contribution is -0.130. The van der Waals surface area contributed by atoms with E-state index in [1.54, 1.807) is 16.7 Å². The Morgan fingerprint density at radius 3 is 2.22 bits per heavy atom. The number of hydrogen-bond donors (Lipinski definition) is 1. The standard InChI is InChI=1S/C31H38ClN3O2/c1-3-5-7-11-19-34(20-12-8-6-4-2)29(36)22-28-30-26(21-23-13-9-10-14-27(23)33-30)31(37)35(28)25-17-15-24(32)16-18-25/h9-10,13-18,21,37H,3-8,11-12,19-20,22H2,1-2H3. The van der Waals surface area contributed by atoms with E-state index in [4.69, 9.17) is 16.6 Å². The first kappa shape index (κ1) is 27.0. The molecule has 0 unspecified atom stereocenters. The summed E-state index contributed by atoms with van der Waals surface area (Å²) < 4.78 is 1.76. The molecule has 37 heavy (non-hydrogen) atoms. The number of para-hydroxylation sites is 1. The number of benzene rings is 2. The van der Waals surface area contributed by atoms with E-state index in [1.807, 2.05) is 47.4 Å². The van der Waals surface area contributed by atoms with Crippen LogP contribution in [0, 0.1) is 0 Å². The van der Waals surface area contributed by atoms with Gasteiger partial charge in [0.2, 0.25) is 11.8 Å². The van der Waals surface area contributed by atoms with Gasteiger partial charge in [-0.1, -0.05) is 82.2 Å². The zero-order valence-corrected chi connectivity index (χ0v) is 22.8. The molecule has 4 rings (SSSR count). The molecule has 0 aliphatic heterocycles. The summed E-state index contributed by atoms with van der Waals surface area (Å²) in [5.74, 6) is 0.174. The fourth-order valence-corrected chi connectivity index (χ4v) is 5.09. The largest absolute Gasteiger partial charge is 0.494 e. The zero-order valence-electron chi connectivity index (χ0n) is 22.0. The summed E-state index contributed by atoms with van der Waals surface area (Å²) in [6.45, 7) is 5.94. The summed E-state index contributed by atoms with van der Waals surface area (Å²) in [6, 6.07) is 17.1. The number of nitrogens with zero attached hydrogens (tertiary/aromatic N) is 3. The van der Waals surface area contributed by atoms with Crippen molar-refractivity contribution >= 4 is 39.3 Å². The Morgan fingerprint density at radius 2 is 1.57 bits per heavy atom. The first-order valence-corrected chi connectivity index (χ1v) is 14.1. The van der Waals surface area contributed by atoms with E-state index >= 15 is 0 Å². The van der Waals surface area contributed by atoms with Crippen molar-refractivity contribution in [2.45, 2.75) is 71.6 Å². The van der Waals surface area contributed by atoms with Gasteiger partial charge in [0.1, 0.15) is 0 Å². The molecule has 1 N–H and O–H groups in total. The lowest BCUT2D eigenvalue weighted by Crippen LogP contribution is -2.34. The highest BCUT2D eigenvalue weighted by molar-refractivity contribution is 6.30. The molecule has 5 nitrogen and oxygen atoms in total. The maximum atomic E-state index is 13.8. The third kappa shape index (κ3) is 6.45. The minimum Gasteiger partial charge on any atom is -0.494 e. The van der Waals surface area contributed by atoms with E-state index in [-0.39, 0.29) is 18.2 Å². The second-order valence-corrected chi connectivity index (χ2v) is 10.3. The summed E-state index contributed by atoms with van der Waals surface area (Å²) >= 11 is 6.15. The third-order valence-electron chi connectivity index (χ3n) is 7.04. The Kier molecular flexibility index (Phi) is 9.45. The van der Waals surface area contributed by atoms with Gasteiger partial charge in [0.25, 0.3) is 0 Å². The van der Waals surface area contributed by atoms with Gasteiger partial charge in [0.05, 0.1) is 28.5 Å². The van der Waals surface area contributed by atoms with Crippen LogP contribution < -0.4 is 0 Å². The van der Waals surface area contributed by atoms with Crippen LogP contribution in [0.2, 0.25) is 5.02 Å². The minimum atomic E-state index is 0.0811. The van der Waals surface area contributed by atoms with Gasteiger partial charge in [-0.05, 0) is 49.2 Å². The molecule has 6 heteroatoms. The second kappa shape index (κ2) is 13.0. The molecule has 0 saturated carbocycles. The molecule has 4 aromatic rings. The minimum absolute atomic E-state index is 0.0811. The van der Waals surface area contributed by atoms with Crippen LogP contribution in [0.5, 0.6) is 5.88 Å². The number of pyridine rings is 1. The summed E-state index contributed by atoms with van der Waals surface area (Å²) in [5, 5.41) is 13.6. The van der Waals surface area contributed by atoms with E-state index in [0.29, 0.717) is 21.6 Å². The first-order valence-electron chi connectivity index (χ1n) is 13.7. The van der Waals surface area contributed by atoms with Crippen LogP contribution in [0.25, 0.3) is 27.5 Å². The van der Waals surface area contributed by atoms with Crippen LogP contribution >= 0.6 is 11.6 Å². The van der Waals surface area contributed by atoms with E-state index in [1.165, 1.54) is 25.7 Å². The molecule has 196 valence electrons. The summed E-state index contributed by atoms with van der Waals surface area (Å²) in [5.41, 5.74) is 2.96. The van der Waals surface area contributed by atoms with Crippen LogP contribution in [0.4, 0.5) is 0 Å². The maximum Gasteiger partial charge on any atom is 0.228 e. The normalized spacial score (nSPS) is 11.4. The SMILES string of the molecule is CCCCCCN(CCCCCC)C(=O)Cc1c2nc3ccccc3cc2c(O)n1-c1ccc(Cl)cc1. The predicted octanol–water partition coefficient (Wildman–Crippen LogP) is 8.07. The third-order valence-corrected chi connectivity index (χ3v) is 7.29. The van der Waals surface area contributed by atoms with Crippen molar-refractivity contribution in [2.75, 3.05) is 13.1 Å². The number of carbonyl (C=O) groups excluding carboxylic acids is 1. The quantitative estimate of drug-likeness (QED) is 0.182. The fourth-order valence-electron chi connectivity index (χ4n) is 4.97. The van der Waals surface area contributed by atoms with Crippen molar-refractivity contribution in [2.24, 2.45) is 0 Å². The van der Waals surface area contributed by atoms with E-state index in [9.17, 15) is 9.90 Å². The van der Waals surface area contributed by atoms with Gasteiger partial charge < -0.3 is 10.0 Å². The van der Waals surface area contributed by atoms with Crippen LogP contribution in [-0.4, -0.2) is 38.6 Å². The van der Waals surface area contributed by atoms with Gasteiger partial charge in [-0.2, -0.15) is 0 Å². The molecular formula is C31H38ClN3O2. The first-order chi connectivity index (χ1) is 18.0.